The lowest BCUT2D eigenvalue weighted by Gasteiger charge is -2.22. The quantitative estimate of drug-likeness (QED) is 0.288. The van der Waals surface area contributed by atoms with Gasteiger partial charge in [0, 0.05) is 25.6 Å². The van der Waals surface area contributed by atoms with Gasteiger partial charge in [0.15, 0.2) is 16.6 Å². The van der Waals surface area contributed by atoms with Gasteiger partial charge in [-0.15, -0.1) is 0 Å². The zero-order valence-electron chi connectivity index (χ0n) is 22.4. The zero-order chi connectivity index (χ0) is 26.7. The number of ether oxygens (including phenoxy) is 3. The van der Waals surface area contributed by atoms with Crippen LogP contribution in [0, 0.1) is 25.2 Å². The van der Waals surface area contributed by atoms with Gasteiger partial charge in [0.2, 0.25) is 0 Å². The second-order valence-electron chi connectivity index (χ2n) is 10.0. The monoisotopic (exact) mass is 515 g/mol. The largest absolute Gasteiger partial charge is 0.493 e. The van der Waals surface area contributed by atoms with Crippen molar-refractivity contribution in [1.29, 1.82) is 0 Å². The summed E-state index contributed by atoms with van der Waals surface area (Å²) in [6, 6.07) is 12.2. The van der Waals surface area contributed by atoms with Crippen molar-refractivity contribution in [1.82, 2.24) is 10.6 Å². The van der Waals surface area contributed by atoms with Crippen LogP contribution in [0.3, 0.4) is 0 Å². The van der Waals surface area contributed by atoms with Gasteiger partial charge in [-0.2, -0.15) is 0 Å². The Morgan fingerprint density at radius 2 is 1.75 bits per heavy atom. The Hall–Kier alpha value is -2.84. The lowest BCUT2D eigenvalue weighted by atomic mass is 9.96. The smallest absolute Gasteiger partial charge is 0.311 e. The number of hydrogen-bond donors (Lipinski definition) is 3. The Bertz CT molecular complexity index is 1020. The Labute approximate surface area is 221 Å². The first-order valence-electron chi connectivity index (χ1n) is 12.3. The molecule has 0 aromatic heterocycles. The molecule has 0 saturated heterocycles. The first-order valence-corrected chi connectivity index (χ1v) is 12.7. The minimum Gasteiger partial charge on any atom is -0.493 e. The van der Waals surface area contributed by atoms with E-state index in [1.807, 2.05) is 39.0 Å². The number of thiocarbonyl (C=S) groups is 1. The first-order chi connectivity index (χ1) is 17.0. The number of carbonyl (C=O) groups excluding carboxylic acids is 1. The third kappa shape index (κ3) is 9.66. The van der Waals surface area contributed by atoms with Crippen molar-refractivity contribution < 1.29 is 19.0 Å². The first kappa shape index (κ1) is 29.4. The molecule has 0 spiro atoms. The summed E-state index contributed by atoms with van der Waals surface area (Å²) in [5.41, 5.74) is 9.69. The highest BCUT2D eigenvalue weighted by atomic mass is 32.1. The second kappa shape index (κ2) is 14.0. The minimum absolute atomic E-state index is 0.0669. The van der Waals surface area contributed by atoms with Gasteiger partial charge in [-0.3, -0.25) is 4.79 Å². The molecule has 0 fully saturated rings. The maximum Gasteiger partial charge on any atom is 0.311 e. The van der Waals surface area contributed by atoms with Crippen LogP contribution in [0.25, 0.3) is 0 Å². The van der Waals surface area contributed by atoms with Crippen molar-refractivity contribution in [3.63, 3.8) is 0 Å². The van der Waals surface area contributed by atoms with Crippen LogP contribution in [0.4, 0.5) is 0 Å². The molecule has 0 saturated carbocycles. The van der Waals surface area contributed by atoms with Crippen molar-refractivity contribution >= 4 is 23.3 Å². The zero-order valence-corrected chi connectivity index (χ0v) is 23.2. The fourth-order valence-electron chi connectivity index (χ4n) is 3.46. The van der Waals surface area contributed by atoms with Gasteiger partial charge in [-0.05, 0) is 87.6 Å². The van der Waals surface area contributed by atoms with E-state index in [-0.39, 0.29) is 11.9 Å². The number of aryl methyl sites for hydroxylation is 2. The number of nitrogens with two attached hydrogens (primary N) is 1. The normalized spacial score (nSPS) is 12.0. The fourth-order valence-corrected chi connectivity index (χ4v) is 3.61. The van der Waals surface area contributed by atoms with E-state index in [0.29, 0.717) is 49.5 Å². The highest BCUT2D eigenvalue weighted by molar-refractivity contribution is 7.80. The van der Waals surface area contributed by atoms with Gasteiger partial charge >= 0.3 is 5.97 Å². The van der Waals surface area contributed by atoms with Crippen LogP contribution in [0.15, 0.2) is 36.4 Å². The average Bonchev–Trinajstić information content (AvgIpc) is 2.84. The van der Waals surface area contributed by atoms with Gasteiger partial charge in [0.1, 0.15) is 6.61 Å². The van der Waals surface area contributed by atoms with Crippen molar-refractivity contribution in [3.05, 3.63) is 58.7 Å². The molecule has 36 heavy (non-hydrogen) atoms. The van der Waals surface area contributed by atoms with Gasteiger partial charge in [-0.1, -0.05) is 24.3 Å². The van der Waals surface area contributed by atoms with Crippen LogP contribution in [0.1, 0.15) is 43.0 Å². The molecule has 2 aromatic carbocycles. The summed E-state index contributed by atoms with van der Waals surface area (Å²) < 4.78 is 16.7. The van der Waals surface area contributed by atoms with Gasteiger partial charge < -0.3 is 30.6 Å². The van der Waals surface area contributed by atoms with Crippen molar-refractivity contribution in [2.75, 3.05) is 33.4 Å². The average molecular weight is 516 g/mol. The standard InChI is InChI=1S/C28H41N3O4S/c1-19-7-8-21(13-20(19)2)14-23(18-35-26(32)28(3,4)5)17-31-27(36)30-16-22-9-10-24(34-12-11-29)25(15-22)33-6/h7-10,13,15,23H,11-12,14,16-18,29H2,1-6H3,(H2,30,31,36). The second-order valence-corrected chi connectivity index (χ2v) is 10.4. The minimum atomic E-state index is -0.540. The molecule has 198 valence electrons. The highest BCUT2D eigenvalue weighted by Crippen LogP contribution is 2.28. The molecule has 4 N–H and O–H groups in total. The third-order valence-corrected chi connectivity index (χ3v) is 6.05. The van der Waals surface area contributed by atoms with Crippen molar-refractivity contribution in [2.24, 2.45) is 17.1 Å². The van der Waals surface area contributed by atoms with Crippen LogP contribution < -0.4 is 25.8 Å². The number of carbonyl (C=O) groups is 1. The molecule has 1 atom stereocenters. The number of esters is 1. The van der Waals surface area contributed by atoms with E-state index >= 15 is 0 Å². The topological polar surface area (TPSA) is 94.8 Å². The molecule has 2 aromatic rings. The molecular formula is C28H41N3O4S. The molecule has 7 nitrogen and oxygen atoms in total. The van der Waals surface area contributed by atoms with E-state index < -0.39 is 5.41 Å². The molecule has 0 aliphatic carbocycles. The maximum absolute atomic E-state index is 12.3. The lowest BCUT2D eigenvalue weighted by Crippen LogP contribution is -2.39. The fraction of sp³-hybridized carbons (Fsp3) is 0.500. The van der Waals surface area contributed by atoms with E-state index in [1.54, 1.807) is 7.11 Å². The molecule has 0 aliphatic rings. The third-order valence-electron chi connectivity index (χ3n) is 5.77. The highest BCUT2D eigenvalue weighted by Gasteiger charge is 2.24. The molecule has 2 rings (SSSR count). The van der Waals surface area contributed by atoms with Gasteiger partial charge in [0.05, 0.1) is 19.1 Å². The number of rotatable bonds is 12. The van der Waals surface area contributed by atoms with Crippen molar-refractivity contribution in [2.45, 2.75) is 47.6 Å². The Morgan fingerprint density at radius 3 is 2.39 bits per heavy atom. The van der Waals surface area contributed by atoms with Gasteiger partial charge in [-0.25, -0.2) is 0 Å². The SMILES string of the molecule is COc1cc(CNC(=S)NCC(COC(=O)C(C)(C)C)Cc2ccc(C)c(C)c2)ccc1OCCN. The van der Waals surface area contributed by atoms with E-state index in [2.05, 4.69) is 42.7 Å². The maximum atomic E-state index is 12.3. The molecule has 0 aliphatic heterocycles. The number of nitrogens with one attached hydrogen (secondary N) is 2. The van der Waals surface area contributed by atoms with Crippen LogP contribution in [0.2, 0.25) is 0 Å². The summed E-state index contributed by atoms with van der Waals surface area (Å²) in [7, 11) is 1.61. The summed E-state index contributed by atoms with van der Waals surface area (Å²) >= 11 is 5.51. The summed E-state index contributed by atoms with van der Waals surface area (Å²) in [6.45, 7) is 12.1. The van der Waals surface area contributed by atoms with Crippen LogP contribution >= 0.6 is 12.2 Å². The van der Waals surface area contributed by atoms with E-state index in [0.717, 1.165) is 12.0 Å². The molecule has 0 radical (unpaired) electrons. The van der Waals surface area contributed by atoms with Crippen molar-refractivity contribution in [3.8, 4) is 11.5 Å². The van der Waals surface area contributed by atoms with Crippen LogP contribution in [-0.2, 0) is 22.5 Å². The number of methoxy groups -OCH3 is 1. The molecule has 1 unspecified atom stereocenters. The number of hydrogen-bond acceptors (Lipinski definition) is 6. The predicted octanol–water partition coefficient (Wildman–Crippen LogP) is 4.06. The van der Waals surface area contributed by atoms with Crippen LogP contribution in [0.5, 0.6) is 11.5 Å². The molecule has 0 bridgehead atoms. The Balaban J connectivity index is 1.96. The van der Waals surface area contributed by atoms with E-state index in [4.69, 9.17) is 32.2 Å². The lowest BCUT2D eigenvalue weighted by molar-refractivity contribution is -0.154. The summed E-state index contributed by atoms with van der Waals surface area (Å²) in [4.78, 5) is 12.3. The van der Waals surface area contributed by atoms with Gasteiger partial charge in [0.25, 0.3) is 0 Å². The molecule has 0 amide bonds. The molecule has 8 heteroatoms. The molecule has 0 heterocycles. The molecular weight excluding hydrogens is 474 g/mol. The van der Waals surface area contributed by atoms with E-state index in [9.17, 15) is 4.79 Å². The van der Waals surface area contributed by atoms with E-state index in [1.165, 1.54) is 16.7 Å². The predicted molar refractivity (Wildman–Crippen MR) is 149 cm³/mol. The van der Waals surface area contributed by atoms with Crippen LogP contribution in [-0.4, -0.2) is 44.5 Å². The summed E-state index contributed by atoms with van der Waals surface area (Å²) in [5.74, 6) is 1.17. The number of benzene rings is 2. The summed E-state index contributed by atoms with van der Waals surface area (Å²) in [5, 5.41) is 7.05. The Morgan fingerprint density at radius 1 is 1.03 bits per heavy atom. The summed E-state index contributed by atoms with van der Waals surface area (Å²) in [6.07, 6.45) is 0.773. The Kier molecular flexibility index (Phi) is 11.5.